The summed E-state index contributed by atoms with van der Waals surface area (Å²) in [5.74, 6) is -2.98. The van der Waals surface area contributed by atoms with E-state index in [1.165, 1.54) is 16.2 Å². The van der Waals surface area contributed by atoms with Crippen molar-refractivity contribution in [2.75, 3.05) is 13.1 Å². The summed E-state index contributed by atoms with van der Waals surface area (Å²) in [6.07, 6.45) is -0.218. The first kappa shape index (κ1) is 9.58. The lowest BCUT2D eigenvalue weighted by Crippen LogP contribution is -2.30. The maximum atomic E-state index is 12.8. The molecule has 1 fully saturated rings. The Morgan fingerprint density at radius 3 is 2.86 bits per heavy atom. The minimum atomic E-state index is -2.70. The maximum absolute atomic E-state index is 12.8. The van der Waals surface area contributed by atoms with E-state index in [1.54, 1.807) is 17.5 Å². The molecule has 0 spiro atoms. The lowest BCUT2D eigenvalue weighted by Gasteiger charge is -2.14. The summed E-state index contributed by atoms with van der Waals surface area (Å²) >= 11 is 1.28. The van der Waals surface area contributed by atoms with Crippen LogP contribution in [0.5, 0.6) is 0 Å². The molecule has 2 nitrogen and oxygen atoms in total. The molecule has 0 aliphatic carbocycles. The molecular weight excluding hydrogens is 208 g/mol. The highest BCUT2D eigenvalue weighted by molar-refractivity contribution is 7.12. The molecule has 14 heavy (non-hydrogen) atoms. The van der Waals surface area contributed by atoms with Crippen molar-refractivity contribution in [1.82, 2.24) is 4.90 Å². The van der Waals surface area contributed by atoms with Gasteiger partial charge in [0.1, 0.15) is 0 Å². The van der Waals surface area contributed by atoms with Crippen molar-refractivity contribution in [3.8, 4) is 0 Å². The van der Waals surface area contributed by atoms with Gasteiger partial charge >= 0.3 is 0 Å². The largest absolute Gasteiger partial charge is 0.332 e. The van der Waals surface area contributed by atoms with Crippen LogP contribution in [0.25, 0.3) is 0 Å². The highest BCUT2D eigenvalue weighted by atomic mass is 32.1. The fourth-order valence-electron chi connectivity index (χ4n) is 1.47. The van der Waals surface area contributed by atoms with E-state index in [0.717, 1.165) is 0 Å². The van der Waals surface area contributed by atoms with Gasteiger partial charge in [-0.3, -0.25) is 4.79 Å². The van der Waals surface area contributed by atoms with Crippen molar-refractivity contribution in [1.29, 1.82) is 0 Å². The molecule has 1 aliphatic heterocycles. The Kier molecular flexibility index (Phi) is 2.26. The first-order chi connectivity index (χ1) is 6.58. The Morgan fingerprint density at radius 2 is 2.36 bits per heavy atom. The molecule has 0 N–H and O–H groups in total. The Hall–Kier alpha value is -0.970. The average molecular weight is 217 g/mol. The summed E-state index contributed by atoms with van der Waals surface area (Å²) in [5.41, 5.74) is 0. The molecule has 2 rings (SSSR count). The normalized spacial score (nSPS) is 20.0. The van der Waals surface area contributed by atoms with Crippen LogP contribution in [-0.2, 0) is 0 Å². The highest BCUT2D eigenvalue weighted by Crippen LogP contribution is 2.28. The third-order valence-electron chi connectivity index (χ3n) is 2.19. The molecule has 0 atom stereocenters. The van der Waals surface area contributed by atoms with E-state index < -0.39 is 12.5 Å². The average Bonchev–Trinajstić information content (AvgIpc) is 2.72. The van der Waals surface area contributed by atoms with Gasteiger partial charge in [0.25, 0.3) is 11.8 Å². The first-order valence-electron chi connectivity index (χ1n) is 4.29. The van der Waals surface area contributed by atoms with Gasteiger partial charge < -0.3 is 4.90 Å². The van der Waals surface area contributed by atoms with Gasteiger partial charge in [-0.15, -0.1) is 11.3 Å². The molecule has 0 aromatic carbocycles. The molecule has 1 amide bonds. The van der Waals surface area contributed by atoms with Crippen LogP contribution < -0.4 is 0 Å². The lowest BCUT2D eigenvalue weighted by atomic mass is 10.3. The number of amides is 1. The molecule has 1 aromatic heterocycles. The van der Waals surface area contributed by atoms with Crippen molar-refractivity contribution >= 4 is 17.2 Å². The number of halogens is 2. The fourth-order valence-corrected chi connectivity index (χ4v) is 2.16. The quantitative estimate of drug-likeness (QED) is 0.706. The molecule has 1 aromatic rings. The number of nitrogens with zero attached hydrogens (tertiary/aromatic N) is 1. The van der Waals surface area contributed by atoms with Crippen molar-refractivity contribution < 1.29 is 13.6 Å². The van der Waals surface area contributed by atoms with E-state index in [1.807, 2.05) is 0 Å². The number of thiophene rings is 1. The molecule has 0 bridgehead atoms. The highest BCUT2D eigenvalue weighted by Gasteiger charge is 2.40. The molecule has 76 valence electrons. The predicted molar refractivity (Wildman–Crippen MR) is 49.8 cm³/mol. The van der Waals surface area contributed by atoms with E-state index in [9.17, 15) is 13.6 Å². The molecule has 5 heteroatoms. The van der Waals surface area contributed by atoms with Gasteiger partial charge in [0.2, 0.25) is 0 Å². The predicted octanol–water partition coefficient (Wildman–Crippen LogP) is 2.23. The van der Waals surface area contributed by atoms with E-state index in [2.05, 4.69) is 0 Å². The summed E-state index contributed by atoms with van der Waals surface area (Å²) in [5, 5.41) is 1.77. The maximum Gasteiger partial charge on any atom is 0.267 e. The van der Waals surface area contributed by atoms with Crippen LogP contribution in [0.3, 0.4) is 0 Å². The molecule has 0 saturated carbocycles. The van der Waals surface area contributed by atoms with Crippen molar-refractivity contribution in [2.45, 2.75) is 12.3 Å². The summed E-state index contributed by atoms with van der Waals surface area (Å²) < 4.78 is 25.6. The van der Waals surface area contributed by atoms with Gasteiger partial charge in [-0.2, -0.15) is 0 Å². The number of rotatable bonds is 1. The van der Waals surface area contributed by atoms with Crippen LogP contribution in [-0.4, -0.2) is 29.8 Å². The number of hydrogen-bond donors (Lipinski definition) is 0. The molecule has 0 radical (unpaired) electrons. The third kappa shape index (κ3) is 1.77. The second-order valence-corrected chi connectivity index (χ2v) is 4.26. The Balaban J connectivity index is 2.08. The van der Waals surface area contributed by atoms with Gasteiger partial charge in [0, 0.05) is 13.0 Å². The monoisotopic (exact) mass is 217 g/mol. The smallest absolute Gasteiger partial charge is 0.267 e. The topological polar surface area (TPSA) is 20.3 Å². The fraction of sp³-hybridized carbons (Fsp3) is 0.444. The number of carbonyl (C=O) groups is 1. The van der Waals surface area contributed by atoms with Crippen LogP contribution in [0.4, 0.5) is 8.78 Å². The minimum absolute atomic E-state index is 0.156. The SMILES string of the molecule is O=C(c1cccs1)N1CCC(F)(F)C1. The van der Waals surface area contributed by atoms with Crippen molar-refractivity contribution in [2.24, 2.45) is 0 Å². The summed E-state index contributed by atoms with van der Waals surface area (Å²) in [7, 11) is 0. The van der Waals surface area contributed by atoms with Crippen LogP contribution in [0, 0.1) is 0 Å². The van der Waals surface area contributed by atoms with E-state index in [4.69, 9.17) is 0 Å². The van der Waals surface area contributed by atoms with Crippen LogP contribution >= 0.6 is 11.3 Å². The van der Waals surface area contributed by atoms with Crippen molar-refractivity contribution in [3.63, 3.8) is 0 Å². The number of likely N-dealkylation sites (tertiary alicyclic amines) is 1. The standard InChI is InChI=1S/C9H9F2NOS/c10-9(11)3-4-12(6-9)8(13)7-2-1-5-14-7/h1-2,5H,3-4,6H2. The summed E-state index contributed by atoms with van der Waals surface area (Å²) in [6, 6.07) is 3.40. The van der Waals surface area contributed by atoms with Crippen molar-refractivity contribution in [3.05, 3.63) is 22.4 Å². The minimum Gasteiger partial charge on any atom is -0.332 e. The Labute approximate surface area is 84.1 Å². The van der Waals surface area contributed by atoms with Gasteiger partial charge in [0.05, 0.1) is 11.4 Å². The molecule has 1 aliphatic rings. The van der Waals surface area contributed by atoms with Gasteiger partial charge in [-0.05, 0) is 11.4 Å². The number of carbonyl (C=O) groups excluding carboxylic acids is 1. The molecule has 1 saturated heterocycles. The Bertz CT molecular complexity index is 337. The zero-order valence-electron chi connectivity index (χ0n) is 7.37. The number of alkyl halides is 2. The first-order valence-corrected chi connectivity index (χ1v) is 5.17. The van der Waals surface area contributed by atoms with Gasteiger partial charge in [0.15, 0.2) is 0 Å². The van der Waals surface area contributed by atoms with Crippen LogP contribution in [0.15, 0.2) is 17.5 Å². The summed E-state index contributed by atoms with van der Waals surface area (Å²) in [4.78, 5) is 13.3. The zero-order chi connectivity index (χ0) is 10.2. The lowest BCUT2D eigenvalue weighted by molar-refractivity contribution is 0.0121. The van der Waals surface area contributed by atoms with E-state index in [0.29, 0.717) is 4.88 Å². The van der Waals surface area contributed by atoms with E-state index >= 15 is 0 Å². The van der Waals surface area contributed by atoms with Crippen LogP contribution in [0.2, 0.25) is 0 Å². The molecule has 2 heterocycles. The number of hydrogen-bond acceptors (Lipinski definition) is 2. The third-order valence-corrected chi connectivity index (χ3v) is 3.05. The van der Waals surface area contributed by atoms with Crippen LogP contribution in [0.1, 0.15) is 16.1 Å². The molecular formula is C9H9F2NOS. The Morgan fingerprint density at radius 1 is 1.57 bits per heavy atom. The van der Waals surface area contributed by atoms with Gasteiger partial charge in [-0.25, -0.2) is 8.78 Å². The van der Waals surface area contributed by atoms with Gasteiger partial charge in [-0.1, -0.05) is 6.07 Å². The second-order valence-electron chi connectivity index (χ2n) is 3.31. The molecule has 0 unspecified atom stereocenters. The zero-order valence-corrected chi connectivity index (χ0v) is 8.19. The summed E-state index contributed by atoms with van der Waals surface area (Å²) in [6.45, 7) is -0.284. The second kappa shape index (κ2) is 3.31. The van der Waals surface area contributed by atoms with E-state index in [-0.39, 0.29) is 18.9 Å².